The molecule has 0 radical (unpaired) electrons. The second kappa shape index (κ2) is 6.54. The number of Topliss-reactive ketones (excluding diaryl/α,β-unsaturated/α-hetero) is 1. The summed E-state index contributed by atoms with van der Waals surface area (Å²) in [5, 5.41) is 6.16. The van der Waals surface area contributed by atoms with Crippen molar-refractivity contribution in [2.75, 3.05) is 36.0 Å². The topological polar surface area (TPSA) is 75.1 Å². The summed E-state index contributed by atoms with van der Waals surface area (Å²) in [5.74, 6) is 0.418. The highest BCUT2D eigenvalue weighted by Gasteiger charge is 2.36. The first-order chi connectivity index (χ1) is 11.8. The lowest BCUT2D eigenvalue weighted by Gasteiger charge is -2.34. The van der Waals surface area contributed by atoms with Gasteiger partial charge in [0.1, 0.15) is 0 Å². The van der Waals surface area contributed by atoms with Gasteiger partial charge in [0, 0.05) is 32.4 Å². The Morgan fingerprint density at radius 2 is 1.80 bits per heavy atom. The Bertz CT molecular complexity index is 785. The van der Waals surface area contributed by atoms with E-state index in [-0.39, 0.29) is 10.9 Å². The number of halogens is 3. The van der Waals surface area contributed by atoms with Gasteiger partial charge in [-0.05, 0) is 13.8 Å². The minimum atomic E-state index is -4.47. The molecule has 2 aromatic heterocycles. The second-order valence-corrected chi connectivity index (χ2v) is 6.54. The van der Waals surface area contributed by atoms with Gasteiger partial charge in [0.25, 0.3) is 0 Å². The lowest BCUT2D eigenvalue weighted by molar-refractivity contribution is -0.138. The van der Waals surface area contributed by atoms with Crippen molar-refractivity contribution >= 4 is 28.2 Å². The van der Waals surface area contributed by atoms with Crippen molar-refractivity contribution in [2.45, 2.75) is 20.0 Å². The van der Waals surface area contributed by atoms with Crippen molar-refractivity contribution in [1.82, 2.24) is 20.2 Å². The third kappa shape index (κ3) is 3.70. The maximum atomic E-state index is 12.6. The van der Waals surface area contributed by atoms with Crippen molar-refractivity contribution in [3.05, 3.63) is 22.5 Å². The molecule has 2 aromatic rings. The number of carbonyl (C=O) groups is 1. The van der Waals surface area contributed by atoms with Gasteiger partial charge >= 0.3 is 6.18 Å². The zero-order chi connectivity index (χ0) is 18.2. The lowest BCUT2D eigenvalue weighted by atomic mass is 10.2. The Balaban J connectivity index is 1.67. The summed E-state index contributed by atoms with van der Waals surface area (Å²) >= 11 is 0.542. The molecule has 0 spiro atoms. The normalized spacial score (nSPS) is 15.6. The molecule has 1 aliphatic heterocycles. The Hall–Kier alpha value is -2.30. The van der Waals surface area contributed by atoms with Crippen LogP contribution < -0.4 is 9.80 Å². The van der Waals surface area contributed by atoms with E-state index in [2.05, 4.69) is 20.2 Å². The third-order valence-electron chi connectivity index (χ3n) is 3.84. The molecule has 1 saturated heterocycles. The highest BCUT2D eigenvalue weighted by molar-refractivity contribution is 7.15. The molecule has 3 rings (SSSR count). The Labute approximate surface area is 145 Å². The molecule has 0 saturated carbocycles. The largest absolute Gasteiger partial charge is 0.445 e. The van der Waals surface area contributed by atoms with Crippen LogP contribution in [-0.2, 0) is 6.18 Å². The van der Waals surface area contributed by atoms with Gasteiger partial charge in [0.05, 0.1) is 11.3 Å². The molecule has 3 heterocycles. The number of hydrogen-bond acceptors (Lipinski definition) is 8. The van der Waals surface area contributed by atoms with Crippen molar-refractivity contribution in [2.24, 2.45) is 0 Å². The number of hydrogen-bond donors (Lipinski definition) is 0. The summed E-state index contributed by atoms with van der Waals surface area (Å²) in [4.78, 5) is 23.7. The number of aromatic nitrogens is 4. The first-order valence-corrected chi connectivity index (χ1v) is 8.32. The highest BCUT2D eigenvalue weighted by atomic mass is 32.1. The summed E-state index contributed by atoms with van der Waals surface area (Å²) < 4.78 is 37.9. The number of nitrogens with zero attached hydrogens (tertiary/aromatic N) is 6. The van der Waals surface area contributed by atoms with Crippen LogP contribution in [0.1, 0.15) is 28.0 Å². The van der Waals surface area contributed by atoms with Crippen LogP contribution in [0, 0.1) is 6.92 Å². The monoisotopic (exact) mass is 372 g/mol. The average Bonchev–Trinajstić information content (AvgIpc) is 3.05. The van der Waals surface area contributed by atoms with E-state index in [0.717, 1.165) is 0 Å². The molecular formula is C14H15F3N6OS. The fourth-order valence-corrected chi connectivity index (χ4v) is 3.27. The summed E-state index contributed by atoms with van der Waals surface area (Å²) in [5.41, 5.74) is 1.09. The standard InChI is InChI=1S/C14H15F3N6OS/c1-8-10(9(2)24)7-18-12(19-8)22-3-5-23(6-4-22)13-21-20-11(25-13)14(15,16)17/h7H,3-6H2,1-2H3. The lowest BCUT2D eigenvalue weighted by Crippen LogP contribution is -2.47. The van der Waals surface area contributed by atoms with Crippen LogP contribution in [0.2, 0.25) is 0 Å². The van der Waals surface area contributed by atoms with Crippen molar-refractivity contribution in [3.8, 4) is 0 Å². The number of aryl methyl sites for hydroxylation is 1. The molecule has 134 valence electrons. The number of anilines is 2. The molecule has 0 amide bonds. The molecule has 0 aromatic carbocycles. The van der Waals surface area contributed by atoms with E-state index in [1.165, 1.54) is 13.1 Å². The molecule has 0 unspecified atom stereocenters. The van der Waals surface area contributed by atoms with Gasteiger partial charge < -0.3 is 9.80 Å². The molecule has 11 heteroatoms. The Morgan fingerprint density at radius 1 is 1.16 bits per heavy atom. The van der Waals surface area contributed by atoms with Gasteiger partial charge in [0.15, 0.2) is 5.78 Å². The molecule has 1 fully saturated rings. The summed E-state index contributed by atoms with van der Waals surface area (Å²) in [6.45, 7) is 5.27. The quantitative estimate of drug-likeness (QED) is 0.765. The van der Waals surface area contributed by atoms with Gasteiger partial charge in [0.2, 0.25) is 16.1 Å². The van der Waals surface area contributed by atoms with Crippen LogP contribution in [0.15, 0.2) is 6.20 Å². The molecule has 0 aliphatic carbocycles. The van der Waals surface area contributed by atoms with Gasteiger partial charge in [-0.1, -0.05) is 11.3 Å². The van der Waals surface area contributed by atoms with Crippen LogP contribution in [0.3, 0.4) is 0 Å². The van der Waals surface area contributed by atoms with Gasteiger partial charge in [-0.3, -0.25) is 4.79 Å². The van der Waals surface area contributed by atoms with Gasteiger partial charge in [-0.25, -0.2) is 9.97 Å². The van der Waals surface area contributed by atoms with E-state index in [9.17, 15) is 18.0 Å². The van der Waals surface area contributed by atoms with Crippen molar-refractivity contribution in [3.63, 3.8) is 0 Å². The minimum absolute atomic E-state index is 0.0920. The maximum absolute atomic E-state index is 12.6. The SMILES string of the molecule is CC(=O)c1cnc(N2CCN(c3nnc(C(F)(F)F)s3)CC2)nc1C. The summed E-state index contributed by atoms with van der Waals surface area (Å²) in [6, 6.07) is 0. The van der Waals surface area contributed by atoms with Gasteiger partial charge in [-0.15, -0.1) is 10.2 Å². The maximum Gasteiger partial charge on any atom is 0.445 e. The predicted molar refractivity (Wildman–Crippen MR) is 86.1 cm³/mol. The van der Waals surface area contributed by atoms with Crippen LogP contribution in [0.4, 0.5) is 24.3 Å². The highest BCUT2D eigenvalue weighted by Crippen LogP contribution is 2.34. The number of piperazine rings is 1. The zero-order valence-electron chi connectivity index (χ0n) is 13.5. The fourth-order valence-electron chi connectivity index (χ4n) is 2.51. The number of ketones is 1. The van der Waals surface area contributed by atoms with Crippen LogP contribution in [0.5, 0.6) is 0 Å². The second-order valence-electron chi connectivity index (χ2n) is 5.59. The number of carbonyl (C=O) groups excluding carboxylic acids is 1. The summed E-state index contributed by atoms with van der Waals surface area (Å²) in [6.07, 6.45) is -2.96. The van der Waals surface area contributed by atoms with E-state index in [1.807, 2.05) is 4.90 Å². The smallest absolute Gasteiger partial charge is 0.343 e. The third-order valence-corrected chi connectivity index (χ3v) is 4.86. The predicted octanol–water partition coefficient (Wildman–Crippen LogP) is 2.18. The average molecular weight is 372 g/mol. The van der Waals surface area contributed by atoms with Crippen LogP contribution >= 0.6 is 11.3 Å². The molecule has 0 bridgehead atoms. The molecule has 0 atom stereocenters. The van der Waals surface area contributed by atoms with Gasteiger partial charge in [-0.2, -0.15) is 13.2 Å². The Kier molecular flexibility index (Phi) is 4.58. The van der Waals surface area contributed by atoms with E-state index < -0.39 is 11.2 Å². The van der Waals surface area contributed by atoms with E-state index in [4.69, 9.17) is 0 Å². The van der Waals surface area contributed by atoms with E-state index in [0.29, 0.717) is 54.7 Å². The van der Waals surface area contributed by atoms with E-state index in [1.54, 1.807) is 11.8 Å². The molecule has 0 N–H and O–H groups in total. The first-order valence-electron chi connectivity index (χ1n) is 7.51. The van der Waals surface area contributed by atoms with Crippen molar-refractivity contribution < 1.29 is 18.0 Å². The zero-order valence-corrected chi connectivity index (χ0v) is 14.4. The van der Waals surface area contributed by atoms with Crippen LogP contribution in [-0.4, -0.2) is 52.1 Å². The number of alkyl halides is 3. The van der Waals surface area contributed by atoms with Crippen molar-refractivity contribution in [1.29, 1.82) is 0 Å². The Morgan fingerprint density at radius 3 is 2.32 bits per heavy atom. The molecule has 1 aliphatic rings. The minimum Gasteiger partial charge on any atom is -0.343 e. The van der Waals surface area contributed by atoms with Crippen LogP contribution in [0.25, 0.3) is 0 Å². The molecular weight excluding hydrogens is 357 g/mol. The van der Waals surface area contributed by atoms with E-state index >= 15 is 0 Å². The number of rotatable bonds is 3. The summed E-state index contributed by atoms with van der Waals surface area (Å²) in [7, 11) is 0. The molecule has 7 nitrogen and oxygen atoms in total. The first kappa shape index (κ1) is 17.5. The fraction of sp³-hybridized carbons (Fsp3) is 0.500. The molecule has 25 heavy (non-hydrogen) atoms.